The molecule has 1 N–H and O–H groups in total. The van der Waals surface area contributed by atoms with Gasteiger partial charge in [0.15, 0.2) is 0 Å². The van der Waals surface area contributed by atoms with E-state index in [-0.39, 0.29) is 11.5 Å². The molecule has 1 fully saturated rings. The minimum absolute atomic E-state index is 0.125. The van der Waals surface area contributed by atoms with Crippen LogP contribution in [0.25, 0.3) is 0 Å². The fourth-order valence-electron chi connectivity index (χ4n) is 2.46. The summed E-state index contributed by atoms with van der Waals surface area (Å²) in [4.78, 5) is 2.28. The molecule has 1 unspecified atom stereocenters. The first-order chi connectivity index (χ1) is 8.37. The monoisotopic (exact) mass is 269 g/mol. The lowest BCUT2D eigenvalue weighted by Crippen LogP contribution is -2.32. The number of hydrogen-bond donors (Lipinski definition) is 1. The van der Waals surface area contributed by atoms with Crippen molar-refractivity contribution in [3.63, 3.8) is 0 Å². The van der Waals surface area contributed by atoms with Gasteiger partial charge in [0.25, 0.3) is 0 Å². The van der Waals surface area contributed by atoms with Crippen LogP contribution in [0.4, 0.5) is 5.13 Å². The lowest BCUT2D eigenvalue weighted by Gasteiger charge is -2.29. The summed E-state index contributed by atoms with van der Waals surface area (Å²) in [6.07, 6.45) is 1.49. The molecule has 1 aromatic heterocycles. The lowest BCUT2D eigenvalue weighted by molar-refractivity contribution is 0.123. The molecule has 0 radical (unpaired) electrons. The molecule has 0 aromatic carbocycles. The standard InChI is InChI=1S/C13H23N3OS/c1-9(2)11-14-15-12(18-11)16-6-5-10(17)7-13(3,4)8-16/h9-10,17H,5-8H2,1-4H3. The minimum atomic E-state index is -0.192. The minimum Gasteiger partial charge on any atom is -0.393 e. The van der Waals surface area contributed by atoms with Crippen LogP contribution in [0.3, 0.4) is 0 Å². The van der Waals surface area contributed by atoms with E-state index in [2.05, 4.69) is 42.8 Å². The van der Waals surface area contributed by atoms with Gasteiger partial charge in [-0.25, -0.2) is 0 Å². The first-order valence-corrected chi connectivity index (χ1v) is 7.45. The number of nitrogens with zero attached hydrogens (tertiary/aromatic N) is 3. The molecule has 2 rings (SSSR count). The zero-order valence-corrected chi connectivity index (χ0v) is 12.5. The van der Waals surface area contributed by atoms with Crippen molar-refractivity contribution in [3.05, 3.63) is 5.01 Å². The van der Waals surface area contributed by atoms with Crippen molar-refractivity contribution in [2.75, 3.05) is 18.0 Å². The van der Waals surface area contributed by atoms with Crippen LogP contribution in [0.1, 0.15) is 51.5 Å². The molecule has 4 nitrogen and oxygen atoms in total. The Balaban J connectivity index is 2.16. The number of aliphatic hydroxyl groups excluding tert-OH is 1. The van der Waals surface area contributed by atoms with E-state index in [0.717, 1.165) is 36.1 Å². The molecular weight excluding hydrogens is 246 g/mol. The molecule has 1 aliphatic heterocycles. The summed E-state index contributed by atoms with van der Waals surface area (Å²) in [5, 5.41) is 20.6. The molecule has 1 atom stereocenters. The van der Waals surface area contributed by atoms with Gasteiger partial charge in [-0.2, -0.15) is 0 Å². The molecule has 0 spiro atoms. The second-order valence-electron chi connectivity index (χ2n) is 6.31. The quantitative estimate of drug-likeness (QED) is 0.896. The van der Waals surface area contributed by atoms with Crippen molar-refractivity contribution < 1.29 is 5.11 Å². The van der Waals surface area contributed by atoms with Gasteiger partial charge in [-0.15, -0.1) is 10.2 Å². The molecule has 1 aliphatic rings. The van der Waals surface area contributed by atoms with E-state index >= 15 is 0 Å². The fourth-order valence-corrected chi connectivity index (χ4v) is 3.33. The predicted molar refractivity (Wildman–Crippen MR) is 75.2 cm³/mol. The van der Waals surface area contributed by atoms with Gasteiger partial charge in [-0.1, -0.05) is 39.0 Å². The van der Waals surface area contributed by atoms with E-state index in [4.69, 9.17) is 0 Å². The molecular formula is C13H23N3OS. The number of aliphatic hydroxyl groups is 1. The molecule has 1 saturated heterocycles. The maximum absolute atomic E-state index is 9.92. The fraction of sp³-hybridized carbons (Fsp3) is 0.846. The Hall–Kier alpha value is -0.680. The molecule has 0 aliphatic carbocycles. The van der Waals surface area contributed by atoms with Crippen molar-refractivity contribution in [1.82, 2.24) is 10.2 Å². The highest BCUT2D eigenvalue weighted by atomic mass is 32.1. The second-order valence-corrected chi connectivity index (χ2v) is 7.30. The summed E-state index contributed by atoms with van der Waals surface area (Å²) in [7, 11) is 0. The Morgan fingerprint density at radius 2 is 2.11 bits per heavy atom. The van der Waals surface area contributed by atoms with Crippen LogP contribution in [-0.4, -0.2) is 34.5 Å². The number of anilines is 1. The van der Waals surface area contributed by atoms with Gasteiger partial charge < -0.3 is 10.0 Å². The smallest absolute Gasteiger partial charge is 0.208 e. The first-order valence-electron chi connectivity index (χ1n) is 6.64. The largest absolute Gasteiger partial charge is 0.393 e. The molecule has 2 heterocycles. The lowest BCUT2D eigenvalue weighted by atomic mass is 9.87. The Morgan fingerprint density at radius 3 is 2.72 bits per heavy atom. The first kappa shape index (κ1) is 13.7. The highest BCUT2D eigenvalue weighted by Crippen LogP contribution is 2.33. The Morgan fingerprint density at radius 1 is 1.39 bits per heavy atom. The van der Waals surface area contributed by atoms with Gasteiger partial charge >= 0.3 is 0 Å². The Kier molecular flexibility index (Phi) is 3.92. The van der Waals surface area contributed by atoms with Crippen molar-refractivity contribution in [3.8, 4) is 0 Å². The van der Waals surface area contributed by atoms with Crippen molar-refractivity contribution in [1.29, 1.82) is 0 Å². The van der Waals surface area contributed by atoms with Crippen LogP contribution in [0.15, 0.2) is 0 Å². The van der Waals surface area contributed by atoms with Crippen LogP contribution in [0, 0.1) is 5.41 Å². The van der Waals surface area contributed by atoms with E-state index in [1.807, 2.05) is 0 Å². The zero-order chi connectivity index (χ0) is 13.3. The van der Waals surface area contributed by atoms with Gasteiger partial charge in [0.1, 0.15) is 5.01 Å². The average molecular weight is 269 g/mol. The predicted octanol–water partition coefficient (Wildman–Crippen LogP) is 2.65. The van der Waals surface area contributed by atoms with E-state index in [0.29, 0.717) is 5.92 Å². The van der Waals surface area contributed by atoms with Crippen LogP contribution in [0.5, 0.6) is 0 Å². The molecule has 0 bridgehead atoms. The van der Waals surface area contributed by atoms with E-state index in [1.165, 1.54) is 0 Å². The van der Waals surface area contributed by atoms with Crippen molar-refractivity contribution >= 4 is 16.5 Å². The number of aromatic nitrogens is 2. The summed E-state index contributed by atoms with van der Waals surface area (Å²) < 4.78 is 0. The van der Waals surface area contributed by atoms with Gasteiger partial charge in [-0.05, 0) is 18.3 Å². The summed E-state index contributed by atoms with van der Waals surface area (Å²) in [6.45, 7) is 10.5. The highest BCUT2D eigenvalue weighted by molar-refractivity contribution is 7.15. The molecule has 18 heavy (non-hydrogen) atoms. The average Bonchev–Trinajstić information content (AvgIpc) is 2.67. The third-order valence-corrected chi connectivity index (χ3v) is 4.62. The zero-order valence-electron chi connectivity index (χ0n) is 11.7. The van der Waals surface area contributed by atoms with Gasteiger partial charge in [0, 0.05) is 19.0 Å². The van der Waals surface area contributed by atoms with E-state index < -0.39 is 0 Å². The van der Waals surface area contributed by atoms with Crippen LogP contribution in [-0.2, 0) is 0 Å². The molecule has 1 aromatic rings. The summed E-state index contributed by atoms with van der Waals surface area (Å²) in [5.74, 6) is 0.432. The topological polar surface area (TPSA) is 49.2 Å². The molecule has 102 valence electrons. The Labute approximate surface area is 113 Å². The molecule has 0 amide bonds. The number of hydrogen-bond acceptors (Lipinski definition) is 5. The Bertz CT molecular complexity index is 403. The van der Waals surface area contributed by atoms with Crippen LogP contribution < -0.4 is 4.90 Å². The van der Waals surface area contributed by atoms with Crippen molar-refractivity contribution in [2.45, 2.75) is 52.6 Å². The second kappa shape index (κ2) is 5.13. The van der Waals surface area contributed by atoms with E-state index in [1.54, 1.807) is 11.3 Å². The van der Waals surface area contributed by atoms with Crippen molar-refractivity contribution in [2.24, 2.45) is 5.41 Å². The van der Waals surface area contributed by atoms with Gasteiger partial charge in [0.2, 0.25) is 5.13 Å². The molecule has 5 heteroatoms. The normalized spacial score (nSPS) is 24.3. The van der Waals surface area contributed by atoms with Gasteiger partial charge in [0.05, 0.1) is 6.10 Å². The number of rotatable bonds is 2. The summed E-state index contributed by atoms with van der Waals surface area (Å²) in [6, 6.07) is 0. The SMILES string of the molecule is CC(C)c1nnc(N2CCC(O)CC(C)(C)C2)s1. The maximum Gasteiger partial charge on any atom is 0.208 e. The third-order valence-electron chi connectivity index (χ3n) is 3.33. The molecule has 0 saturated carbocycles. The van der Waals surface area contributed by atoms with Crippen LogP contribution >= 0.6 is 11.3 Å². The highest BCUT2D eigenvalue weighted by Gasteiger charge is 2.30. The summed E-state index contributed by atoms with van der Waals surface area (Å²) >= 11 is 1.68. The van der Waals surface area contributed by atoms with Gasteiger partial charge in [-0.3, -0.25) is 0 Å². The van der Waals surface area contributed by atoms with E-state index in [9.17, 15) is 5.11 Å². The van der Waals surface area contributed by atoms with Crippen LogP contribution in [0.2, 0.25) is 0 Å². The third kappa shape index (κ3) is 3.20. The maximum atomic E-state index is 9.92. The summed E-state index contributed by atoms with van der Waals surface area (Å²) in [5.41, 5.74) is 0.125.